The van der Waals surface area contributed by atoms with Crippen LogP contribution in [0.15, 0.2) is 42.1 Å². The van der Waals surface area contributed by atoms with Gasteiger partial charge in [-0.05, 0) is 68.0 Å². The number of halogens is 3. The number of nitrogens with zero attached hydrogens (tertiary/aromatic N) is 6. The maximum atomic E-state index is 15.7. The van der Waals surface area contributed by atoms with Crippen molar-refractivity contribution < 1.29 is 27.6 Å². The number of anilines is 1. The Labute approximate surface area is 277 Å². The van der Waals surface area contributed by atoms with Crippen LogP contribution in [0.1, 0.15) is 69.2 Å². The number of allylic oxidation sites excluding steroid dienone is 1. The minimum Gasteiger partial charge on any atom is -0.344 e. The van der Waals surface area contributed by atoms with Crippen LogP contribution in [-0.4, -0.2) is 91.8 Å². The number of aromatic amines is 1. The van der Waals surface area contributed by atoms with Crippen LogP contribution < -0.4 is 10.6 Å². The Balaban J connectivity index is 1.37. The molecule has 12 nitrogen and oxygen atoms in total. The van der Waals surface area contributed by atoms with Gasteiger partial charge in [-0.2, -0.15) is 19.0 Å². The molecule has 0 spiro atoms. The molecule has 5 rings (SSSR count). The van der Waals surface area contributed by atoms with Gasteiger partial charge in [0.2, 0.25) is 17.7 Å². The lowest BCUT2D eigenvalue weighted by molar-refractivity contribution is -0.138. The molecular formula is C33H42F3N9O3. The van der Waals surface area contributed by atoms with E-state index in [0.717, 1.165) is 0 Å². The Kier molecular flexibility index (Phi) is 11.0. The topological polar surface area (TPSA) is 141 Å². The van der Waals surface area contributed by atoms with Crippen LogP contribution in [0.4, 0.5) is 18.9 Å². The van der Waals surface area contributed by atoms with Gasteiger partial charge in [-0.3, -0.25) is 24.2 Å². The van der Waals surface area contributed by atoms with Gasteiger partial charge in [0, 0.05) is 51.8 Å². The smallest absolute Gasteiger partial charge is 0.269 e. The normalized spacial score (nSPS) is 19.0. The largest absolute Gasteiger partial charge is 0.344 e. The first kappa shape index (κ1) is 34.8. The molecule has 3 aromatic rings. The Morgan fingerprint density at radius 2 is 1.77 bits per heavy atom. The predicted octanol–water partition coefficient (Wildman–Crippen LogP) is 4.18. The van der Waals surface area contributed by atoms with E-state index in [4.69, 9.17) is 0 Å². The van der Waals surface area contributed by atoms with Crippen molar-refractivity contribution in [3.63, 3.8) is 0 Å². The molecule has 2 aliphatic rings. The zero-order valence-corrected chi connectivity index (χ0v) is 27.6. The van der Waals surface area contributed by atoms with E-state index in [1.54, 1.807) is 48.8 Å². The molecule has 2 aromatic heterocycles. The van der Waals surface area contributed by atoms with Gasteiger partial charge < -0.3 is 20.4 Å². The van der Waals surface area contributed by atoms with Crippen molar-refractivity contribution in [1.29, 1.82) is 0 Å². The number of benzene rings is 1. The molecule has 1 saturated carbocycles. The molecule has 258 valence electrons. The van der Waals surface area contributed by atoms with Crippen LogP contribution in [0.5, 0.6) is 0 Å². The number of H-pyrrole nitrogens is 1. The molecule has 2 fully saturated rings. The lowest BCUT2D eigenvalue weighted by atomic mass is 9.77. The molecule has 1 aromatic carbocycles. The average Bonchev–Trinajstić information content (AvgIpc) is 3.73. The van der Waals surface area contributed by atoms with Crippen molar-refractivity contribution in [2.24, 2.45) is 13.0 Å². The summed E-state index contributed by atoms with van der Waals surface area (Å²) in [4.78, 5) is 48.2. The second-order valence-corrected chi connectivity index (χ2v) is 12.6. The number of carbonyl (C=O) groups is 3. The molecule has 1 aliphatic heterocycles. The third-order valence-corrected chi connectivity index (χ3v) is 9.50. The molecule has 3 heterocycles. The summed E-state index contributed by atoms with van der Waals surface area (Å²) in [5.41, 5.74) is 1.08. The van der Waals surface area contributed by atoms with Crippen LogP contribution in [-0.2, 0) is 21.4 Å². The lowest BCUT2D eigenvalue weighted by Gasteiger charge is -2.36. The molecule has 48 heavy (non-hydrogen) atoms. The standard InChI is InChI=1S/C33H42F3N9O3/c1-5-26(46)39-28(33(48)45-16-14-43(3)15-17-45)19(2)22-10-11-24(23(34)18-22)38-32(47)27(20-6-8-21(9-7-20)29(35)36)31-40-30(41-42-31)25-12-13-37-44(25)4/h10-13,18-20,27-28H,5-9,14-17H2,1-4H3,(H,38,47)(H,39,46)(H,40,41,42)/t19-,27?,28+/m0/s1. The summed E-state index contributed by atoms with van der Waals surface area (Å²) in [7, 11) is 3.71. The van der Waals surface area contributed by atoms with Crippen molar-refractivity contribution >= 4 is 23.4 Å². The van der Waals surface area contributed by atoms with E-state index < -0.39 is 35.7 Å². The van der Waals surface area contributed by atoms with Gasteiger partial charge in [0.25, 0.3) is 6.08 Å². The number of carbonyl (C=O) groups excluding carboxylic acids is 3. The van der Waals surface area contributed by atoms with Gasteiger partial charge in [0.15, 0.2) is 5.82 Å². The van der Waals surface area contributed by atoms with E-state index in [0.29, 0.717) is 56.1 Å². The average molecular weight is 670 g/mol. The van der Waals surface area contributed by atoms with E-state index in [1.807, 2.05) is 7.05 Å². The highest BCUT2D eigenvalue weighted by Gasteiger charge is 2.37. The van der Waals surface area contributed by atoms with Crippen molar-refractivity contribution in [2.45, 2.75) is 63.8 Å². The molecule has 0 radical (unpaired) electrons. The van der Waals surface area contributed by atoms with Gasteiger partial charge in [0.1, 0.15) is 29.3 Å². The van der Waals surface area contributed by atoms with Gasteiger partial charge in [-0.1, -0.05) is 19.9 Å². The fourth-order valence-corrected chi connectivity index (χ4v) is 6.41. The van der Waals surface area contributed by atoms with E-state index in [2.05, 4.69) is 35.8 Å². The summed E-state index contributed by atoms with van der Waals surface area (Å²) >= 11 is 0. The molecule has 3 atom stereocenters. The first-order chi connectivity index (χ1) is 23.0. The van der Waals surface area contributed by atoms with Crippen LogP contribution in [0.3, 0.4) is 0 Å². The second kappa shape index (κ2) is 15.1. The van der Waals surface area contributed by atoms with Gasteiger partial charge >= 0.3 is 0 Å². The summed E-state index contributed by atoms with van der Waals surface area (Å²) in [6, 6.07) is 5.13. The van der Waals surface area contributed by atoms with Crippen LogP contribution >= 0.6 is 0 Å². The lowest BCUT2D eigenvalue weighted by Crippen LogP contribution is -2.55. The molecule has 1 unspecified atom stereocenters. The van der Waals surface area contributed by atoms with E-state index >= 15 is 4.39 Å². The Morgan fingerprint density at radius 1 is 1.06 bits per heavy atom. The third-order valence-electron chi connectivity index (χ3n) is 9.50. The molecule has 15 heteroatoms. The summed E-state index contributed by atoms with van der Waals surface area (Å²) < 4.78 is 43.9. The fourth-order valence-electron chi connectivity index (χ4n) is 6.41. The molecule has 1 saturated heterocycles. The zero-order valence-electron chi connectivity index (χ0n) is 27.6. The predicted molar refractivity (Wildman–Crippen MR) is 172 cm³/mol. The van der Waals surface area contributed by atoms with E-state index in [1.165, 1.54) is 12.1 Å². The molecule has 3 amide bonds. The molecular weight excluding hydrogens is 627 g/mol. The van der Waals surface area contributed by atoms with E-state index in [9.17, 15) is 23.2 Å². The van der Waals surface area contributed by atoms with Crippen molar-refractivity contribution in [3.8, 4) is 11.5 Å². The number of rotatable bonds is 10. The molecule has 1 aliphatic carbocycles. The van der Waals surface area contributed by atoms with Gasteiger partial charge in [-0.15, -0.1) is 0 Å². The quantitative estimate of drug-likeness (QED) is 0.294. The van der Waals surface area contributed by atoms with Crippen molar-refractivity contribution in [1.82, 2.24) is 40.1 Å². The number of nitrogens with one attached hydrogen (secondary N) is 3. The zero-order chi connectivity index (χ0) is 34.5. The maximum absolute atomic E-state index is 15.7. The monoisotopic (exact) mass is 669 g/mol. The second-order valence-electron chi connectivity index (χ2n) is 12.6. The number of aromatic nitrogens is 5. The number of hydrogen-bond acceptors (Lipinski definition) is 7. The van der Waals surface area contributed by atoms with Crippen LogP contribution in [0, 0.1) is 11.7 Å². The number of hydrogen-bond donors (Lipinski definition) is 3. The minimum absolute atomic E-state index is 0.0776. The van der Waals surface area contributed by atoms with Gasteiger partial charge in [0.05, 0.1) is 5.69 Å². The van der Waals surface area contributed by atoms with Crippen LogP contribution in [0.25, 0.3) is 11.5 Å². The Morgan fingerprint density at radius 3 is 2.38 bits per heavy atom. The number of aryl methyl sites for hydroxylation is 1. The third kappa shape index (κ3) is 7.77. The Bertz CT molecular complexity index is 1650. The SMILES string of the molecule is CCC(=O)N[C@@H](C(=O)N1CCN(C)CC1)[C@@H](C)c1ccc(NC(=O)C(c2nc(-c3ccnn3C)n[nH]2)C2CCC(=C(F)F)CC2)c(F)c1. The number of piperazine rings is 1. The first-order valence-corrected chi connectivity index (χ1v) is 16.3. The minimum atomic E-state index is -1.69. The summed E-state index contributed by atoms with van der Waals surface area (Å²) in [5, 5.41) is 16.7. The van der Waals surface area contributed by atoms with Gasteiger partial charge in [-0.25, -0.2) is 9.37 Å². The molecule has 0 bridgehead atoms. The highest BCUT2D eigenvalue weighted by atomic mass is 19.3. The van der Waals surface area contributed by atoms with Crippen molar-refractivity contribution in [2.75, 3.05) is 38.5 Å². The molecule has 3 N–H and O–H groups in total. The summed E-state index contributed by atoms with van der Waals surface area (Å²) in [6.07, 6.45) is 1.01. The maximum Gasteiger partial charge on any atom is 0.269 e. The van der Waals surface area contributed by atoms with E-state index in [-0.39, 0.29) is 54.1 Å². The van der Waals surface area contributed by atoms with Crippen molar-refractivity contribution in [3.05, 3.63) is 59.3 Å². The highest BCUT2D eigenvalue weighted by molar-refractivity contribution is 5.96. The van der Waals surface area contributed by atoms with Crippen LogP contribution in [0.2, 0.25) is 0 Å². The number of likely N-dealkylation sites (N-methyl/N-ethyl adjacent to an activating group) is 1. The highest BCUT2D eigenvalue weighted by Crippen LogP contribution is 2.40. The fraction of sp³-hybridized carbons (Fsp3) is 0.515. The number of amides is 3. The Hall–Kier alpha value is -4.53. The summed E-state index contributed by atoms with van der Waals surface area (Å²) in [5.74, 6) is -3.09. The first-order valence-electron chi connectivity index (χ1n) is 16.3. The summed E-state index contributed by atoms with van der Waals surface area (Å²) in [6.45, 7) is 5.93.